The smallest absolute Gasteiger partial charge is 0.427 e. The third kappa shape index (κ3) is 3.12. The number of halogens is 2. The molecule has 0 saturated heterocycles. The van der Waals surface area contributed by atoms with E-state index in [9.17, 15) is 19.0 Å². The van der Waals surface area contributed by atoms with Crippen LogP contribution in [0, 0.1) is 11.3 Å². The minimum absolute atomic E-state index is 0.123. The molecule has 0 spiro atoms. The van der Waals surface area contributed by atoms with Gasteiger partial charge in [-0.3, -0.25) is 4.98 Å². The first-order chi connectivity index (χ1) is 11.8. The van der Waals surface area contributed by atoms with Crippen LogP contribution in [-0.2, 0) is 6.54 Å². The summed E-state index contributed by atoms with van der Waals surface area (Å²) in [7, 11) is 0. The van der Waals surface area contributed by atoms with Gasteiger partial charge in [0.05, 0.1) is 29.6 Å². The third-order valence-corrected chi connectivity index (χ3v) is 3.90. The van der Waals surface area contributed by atoms with Gasteiger partial charge in [0.25, 0.3) is 0 Å². The van der Waals surface area contributed by atoms with Crippen LogP contribution in [0.5, 0.6) is 5.75 Å². The van der Waals surface area contributed by atoms with Crippen LogP contribution < -0.4 is 9.64 Å². The maximum absolute atomic E-state index is 14.1. The van der Waals surface area contributed by atoms with E-state index in [4.69, 9.17) is 5.26 Å². The van der Waals surface area contributed by atoms with Crippen LogP contribution in [0.4, 0.5) is 14.5 Å². The molecule has 0 radical (unpaired) electrons. The molecule has 8 heteroatoms. The first-order valence-electron chi connectivity index (χ1n) is 7.51. The van der Waals surface area contributed by atoms with Gasteiger partial charge in [0.15, 0.2) is 5.75 Å². The van der Waals surface area contributed by atoms with Crippen LogP contribution in [0.15, 0.2) is 36.5 Å². The fraction of sp³-hybridized carbons (Fsp3) is 0.294. The van der Waals surface area contributed by atoms with Gasteiger partial charge in [0.1, 0.15) is 6.07 Å². The third-order valence-electron chi connectivity index (χ3n) is 3.90. The number of hydrogen-bond donors (Lipinski definition) is 2. The Kier molecular flexibility index (Phi) is 4.29. The van der Waals surface area contributed by atoms with Crippen molar-refractivity contribution in [2.45, 2.75) is 31.9 Å². The molecule has 6 nitrogen and oxygen atoms in total. The lowest BCUT2D eigenvalue weighted by atomic mass is 10.1. The van der Waals surface area contributed by atoms with Crippen molar-refractivity contribution in [3.63, 3.8) is 0 Å². The van der Waals surface area contributed by atoms with Gasteiger partial charge in [-0.2, -0.15) is 14.0 Å². The molecular weight excluding hydrogens is 332 g/mol. The van der Waals surface area contributed by atoms with Crippen molar-refractivity contribution in [3.05, 3.63) is 53.3 Å². The second-order valence-corrected chi connectivity index (χ2v) is 5.69. The Morgan fingerprint density at radius 3 is 2.76 bits per heavy atom. The van der Waals surface area contributed by atoms with Crippen LogP contribution in [0.1, 0.15) is 29.8 Å². The van der Waals surface area contributed by atoms with Crippen LogP contribution in [-0.4, -0.2) is 27.5 Å². The number of hydrogen-bond acceptors (Lipinski definition) is 6. The predicted molar refractivity (Wildman–Crippen MR) is 83.8 cm³/mol. The number of aromatic nitrogens is 1. The number of aliphatic hydroxyl groups excluding tert-OH is 2. The number of ether oxygens (including phenoxy) is 1. The zero-order valence-corrected chi connectivity index (χ0v) is 13.2. The summed E-state index contributed by atoms with van der Waals surface area (Å²) < 4.78 is 32.9. The minimum atomic E-state index is -3.86. The molecule has 2 N–H and O–H groups in total. The van der Waals surface area contributed by atoms with E-state index in [0.29, 0.717) is 11.3 Å². The summed E-state index contributed by atoms with van der Waals surface area (Å²) in [5.41, 5.74) is 1.15. The number of rotatable bonds is 3. The number of benzene rings is 1. The molecule has 0 amide bonds. The molecule has 25 heavy (non-hydrogen) atoms. The molecule has 3 rings (SSSR count). The van der Waals surface area contributed by atoms with E-state index in [2.05, 4.69) is 9.72 Å². The average Bonchev–Trinajstić information content (AvgIpc) is 2.58. The van der Waals surface area contributed by atoms with Crippen molar-refractivity contribution >= 4 is 5.69 Å². The summed E-state index contributed by atoms with van der Waals surface area (Å²) in [6.45, 7) is 1.32. The average molecular weight is 347 g/mol. The number of anilines is 1. The molecular formula is C17H15F2N3O3. The predicted octanol–water partition coefficient (Wildman–Crippen LogP) is 2.32. The molecule has 1 aromatic heterocycles. The first-order valence-corrected chi connectivity index (χ1v) is 7.51. The monoisotopic (exact) mass is 347 g/mol. The lowest BCUT2D eigenvalue weighted by molar-refractivity contribution is -0.246. The highest BCUT2D eigenvalue weighted by Crippen LogP contribution is 2.45. The lowest BCUT2D eigenvalue weighted by Gasteiger charge is -2.40. The zero-order valence-electron chi connectivity index (χ0n) is 13.2. The molecule has 1 aromatic carbocycles. The largest absolute Gasteiger partial charge is 0.444 e. The van der Waals surface area contributed by atoms with Gasteiger partial charge in [0, 0.05) is 11.8 Å². The molecule has 1 aliphatic rings. The Morgan fingerprint density at radius 2 is 2.16 bits per heavy atom. The lowest BCUT2D eigenvalue weighted by Crippen LogP contribution is -2.54. The number of alkyl halides is 2. The molecule has 2 heterocycles. The summed E-state index contributed by atoms with van der Waals surface area (Å²) in [6.07, 6.45) is -5.77. The van der Waals surface area contributed by atoms with E-state index in [1.807, 2.05) is 6.07 Å². The highest BCUT2D eigenvalue weighted by atomic mass is 19.3. The summed E-state index contributed by atoms with van der Waals surface area (Å²) in [5, 5.41) is 28.6. The quantitative estimate of drug-likeness (QED) is 0.886. The first kappa shape index (κ1) is 17.1. The number of nitrogens with zero attached hydrogens (tertiary/aromatic N) is 3. The van der Waals surface area contributed by atoms with E-state index in [-0.39, 0.29) is 23.5 Å². The van der Waals surface area contributed by atoms with Crippen LogP contribution in [0.2, 0.25) is 0 Å². The van der Waals surface area contributed by atoms with Gasteiger partial charge in [-0.1, -0.05) is 12.1 Å². The van der Waals surface area contributed by atoms with Gasteiger partial charge in [-0.05, 0) is 25.1 Å². The normalized spacial score (nSPS) is 19.5. The fourth-order valence-corrected chi connectivity index (χ4v) is 2.64. The minimum Gasteiger partial charge on any atom is -0.427 e. The van der Waals surface area contributed by atoms with Crippen molar-refractivity contribution < 1.29 is 23.7 Å². The van der Waals surface area contributed by atoms with Gasteiger partial charge in [0.2, 0.25) is 6.23 Å². The molecule has 2 atom stereocenters. The molecule has 0 bridgehead atoms. The second-order valence-electron chi connectivity index (χ2n) is 5.69. The Balaban J connectivity index is 2.03. The Bertz CT molecular complexity index is 819. The van der Waals surface area contributed by atoms with E-state index < -0.39 is 18.4 Å². The molecule has 1 aliphatic heterocycles. The molecule has 0 fully saturated rings. The summed E-state index contributed by atoms with van der Waals surface area (Å²) in [6, 6.07) is 9.54. The summed E-state index contributed by atoms with van der Waals surface area (Å²) in [5.74, 6) is -0.179. The molecule has 0 saturated carbocycles. The molecule has 1 unspecified atom stereocenters. The maximum Gasteiger partial charge on any atom is 0.444 e. The van der Waals surface area contributed by atoms with Crippen molar-refractivity contribution in [3.8, 4) is 11.8 Å². The number of aliphatic hydroxyl groups is 2. The van der Waals surface area contributed by atoms with Gasteiger partial charge in [-0.15, -0.1) is 0 Å². The Hall–Kier alpha value is -2.76. The number of fused-ring (bicyclic) bond motifs is 1. The standard InChI is InChI=1S/C17H15F2N3O3/c1-10(23)13-3-2-4-14-15(13)25-17(18,19)16(24)22(14)9-12-6-5-11(7-20)8-21-12/h2-6,8,10,16,23-24H,9H2,1H3/t10-,16?/m0/s1. The molecule has 0 aliphatic carbocycles. The number of para-hydroxylation sites is 1. The van der Waals surface area contributed by atoms with E-state index in [1.54, 1.807) is 6.07 Å². The van der Waals surface area contributed by atoms with E-state index in [1.165, 1.54) is 37.4 Å². The van der Waals surface area contributed by atoms with Gasteiger partial charge < -0.3 is 19.8 Å². The second kappa shape index (κ2) is 6.27. The number of pyridine rings is 1. The zero-order chi connectivity index (χ0) is 18.2. The van der Waals surface area contributed by atoms with Crippen molar-refractivity contribution in [1.82, 2.24) is 4.98 Å². The van der Waals surface area contributed by atoms with Gasteiger partial charge >= 0.3 is 6.11 Å². The fourth-order valence-electron chi connectivity index (χ4n) is 2.64. The van der Waals surface area contributed by atoms with Crippen LogP contribution >= 0.6 is 0 Å². The summed E-state index contributed by atoms with van der Waals surface area (Å²) >= 11 is 0. The highest BCUT2D eigenvalue weighted by Gasteiger charge is 2.50. The Labute approximate surface area is 142 Å². The molecule has 2 aromatic rings. The number of nitriles is 1. The van der Waals surface area contributed by atoms with E-state index in [0.717, 1.165) is 4.90 Å². The SMILES string of the molecule is C[C@H](O)c1cccc2c1OC(F)(F)C(O)N2Cc1ccc(C#N)cn1. The highest BCUT2D eigenvalue weighted by molar-refractivity contribution is 5.64. The topological polar surface area (TPSA) is 89.6 Å². The van der Waals surface area contributed by atoms with Crippen LogP contribution in [0.25, 0.3) is 0 Å². The van der Waals surface area contributed by atoms with E-state index >= 15 is 0 Å². The van der Waals surface area contributed by atoms with Crippen LogP contribution in [0.3, 0.4) is 0 Å². The maximum atomic E-state index is 14.1. The Morgan fingerprint density at radius 1 is 1.40 bits per heavy atom. The van der Waals surface area contributed by atoms with Crippen molar-refractivity contribution in [2.24, 2.45) is 0 Å². The van der Waals surface area contributed by atoms with Crippen molar-refractivity contribution in [1.29, 1.82) is 5.26 Å². The van der Waals surface area contributed by atoms with Crippen molar-refractivity contribution in [2.75, 3.05) is 4.90 Å². The summed E-state index contributed by atoms with van der Waals surface area (Å²) in [4.78, 5) is 5.10. The van der Waals surface area contributed by atoms with Gasteiger partial charge in [-0.25, -0.2) is 0 Å². The molecule has 130 valence electrons.